The fraction of sp³-hybridized carbons (Fsp3) is 0.571. The normalized spacial score (nSPS) is 31.1. The van der Waals surface area contributed by atoms with Crippen LogP contribution in [-0.2, 0) is 16.0 Å². The Morgan fingerprint density at radius 2 is 1.74 bits per heavy atom. The minimum absolute atomic E-state index is 0.0803. The van der Waals surface area contributed by atoms with E-state index in [0.717, 1.165) is 62.7 Å². The molecule has 2 saturated heterocycles. The molecule has 6 nitrogen and oxygen atoms in total. The van der Waals surface area contributed by atoms with Gasteiger partial charge in [0.05, 0.1) is 6.04 Å². The molecular formula is C21H25N3O3. The number of benzene rings is 1. The predicted octanol–water partition coefficient (Wildman–Crippen LogP) is 2.61. The van der Waals surface area contributed by atoms with Crippen molar-refractivity contribution < 1.29 is 14.4 Å². The first-order valence-electron chi connectivity index (χ1n) is 10.2. The van der Waals surface area contributed by atoms with Crippen LogP contribution in [0.25, 0.3) is 0 Å². The molecule has 1 aromatic rings. The summed E-state index contributed by atoms with van der Waals surface area (Å²) in [4.78, 5) is 43.2. The van der Waals surface area contributed by atoms with Crippen LogP contribution in [-0.4, -0.2) is 41.4 Å². The Kier molecular flexibility index (Phi) is 3.78. The van der Waals surface area contributed by atoms with E-state index in [4.69, 9.17) is 0 Å². The van der Waals surface area contributed by atoms with Gasteiger partial charge in [0.2, 0.25) is 11.8 Å². The highest BCUT2D eigenvalue weighted by molar-refractivity contribution is 6.20. The second kappa shape index (κ2) is 6.08. The number of para-hydroxylation sites is 1. The van der Waals surface area contributed by atoms with Gasteiger partial charge in [-0.25, -0.2) is 4.79 Å². The molecule has 3 heterocycles. The van der Waals surface area contributed by atoms with Gasteiger partial charge in [-0.15, -0.1) is 0 Å². The lowest BCUT2D eigenvalue weighted by Gasteiger charge is -2.51. The van der Waals surface area contributed by atoms with Crippen LogP contribution in [0, 0.1) is 5.41 Å². The maximum atomic E-state index is 13.8. The Labute approximate surface area is 158 Å². The van der Waals surface area contributed by atoms with Gasteiger partial charge < -0.3 is 4.90 Å². The standard InChI is InChI=1S/C21H25N3O3/c25-18-21(19(26)24(20(27)22-18)15-8-2-1-3-9-15)13-14-7-4-5-10-16(14)23-12-6-11-17(21)23/h4-5,7,10,15,17H,1-3,6,8-9,11-13H2,(H,22,25,27). The molecule has 1 spiro atoms. The van der Waals surface area contributed by atoms with Crippen molar-refractivity contribution in [2.24, 2.45) is 5.41 Å². The van der Waals surface area contributed by atoms with E-state index >= 15 is 0 Å². The summed E-state index contributed by atoms with van der Waals surface area (Å²) in [5.74, 6) is -0.675. The summed E-state index contributed by atoms with van der Waals surface area (Å²) < 4.78 is 0. The zero-order chi connectivity index (χ0) is 18.6. The number of carbonyl (C=O) groups excluding carboxylic acids is 3. The molecule has 2 atom stereocenters. The quantitative estimate of drug-likeness (QED) is 0.775. The molecule has 4 aliphatic rings. The Balaban J connectivity index is 1.60. The van der Waals surface area contributed by atoms with E-state index < -0.39 is 17.4 Å². The van der Waals surface area contributed by atoms with Crippen LogP contribution in [0.2, 0.25) is 0 Å². The summed E-state index contributed by atoms with van der Waals surface area (Å²) in [6.07, 6.45) is 7.03. The number of anilines is 1. The van der Waals surface area contributed by atoms with Crippen LogP contribution in [0.15, 0.2) is 24.3 Å². The van der Waals surface area contributed by atoms with E-state index in [1.807, 2.05) is 18.2 Å². The Hall–Kier alpha value is -2.37. The molecule has 1 aromatic carbocycles. The molecule has 1 saturated carbocycles. The van der Waals surface area contributed by atoms with Gasteiger partial charge in [-0.2, -0.15) is 0 Å². The van der Waals surface area contributed by atoms with Crippen LogP contribution in [0.3, 0.4) is 0 Å². The zero-order valence-electron chi connectivity index (χ0n) is 15.4. The fourth-order valence-electron chi connectivity index (χ4n) is 5.72. The second-order valence-electron chi connectivity index (χ2n) is 8.35. The van der Waals surface area contributed by atoms with Gasteiger partial charge in [0.15, 0.2) is 5.41 Å². The lowest BCUT2D eigenvalue weighted by atomic mass is 9.68. The van der Waals surface area contributed by atoms with Crippen molar-refractivity contribution in [3.05, 3.63) is 29.8 Å². The molecular weight excluding hydrogens is 342 g/mol. The average molecular weight is 367 g/mol. The maximum absolute atomic E-state index is 13.8. The molecule has 3 aliphatic heterocycles. The minimum atomic E-state index is -1.18. The summed E-state index contributed by atoms with van der Waals surface area (Å²) in [7, 11) is 0. The smallest absolute Gasteiger partial charge is 0.331 e. The first kappa shape index (κ1) is 16.8. The van der Waals surface area contributed by atoms with Crippen molar-refractivity contribution >= 4 is 23.5 Å². The number of barbiturate groups is 1. The van der Waals surface area contributed by atoms with Crippen LogP contribution in [0.5, 0.6) is 0 Å². The molecule has 6 heteroatoms. The largest absolute Gasteiger partial charge is 0.367 e. The maximum Gasteiger partial charge on any atom is 0.331 e. The van der Waals surface area contributed by atoms with Gasteiger partial charge in [-0.1, -0.05) is 37.5 Å². The van der Waals surface area contributed by atoms with Crippen molar-refractivity contribution in [2.45, 2.75) is 63.5 Å². The average Bonchev–Trinajstić information content (AvgIpc) is 3.18. The summed E-state index contributed by atoms with van der Waals surface area (Å²) in [6, 6.07) is 7.28. The number of nitrogens with zero attached hydrogens (tertiary/aromatic N) is 2. The number of amides is 4. The molecule has 5 rings (SSSR count). The Bertz CT molecular complexity index is 817. The van der Waals surface area contributed by atoms with E-state index in [1.165, 1.54) is 4.90 Å². The second-order valence-corrected chi connectivity index (χ2v) is 8.35. The minimum Gasteiger partial charge on any atom is -0.367 e. The van der Waals surface area contributed by atoms with Crippen molar-refractivity contribution in [2.75, 3.05) is 11.4 Å². The van der Waals surface area contributed by atoms with Gasteiger partial charge in [0.25, 0.3) is 0 Å². The summed E-state index contributed by atoms with van der Waals surface area (Å²) >= 11 is 0. The Morgan fingerprint density at radius 3 is 2.56 bits per heavy atom. The number of nitrogens with one attached hydrogen (secondary N) is 1. The van der Waals surface area contributed by atoms with Gasteiger partial charge in [-0.3, -0.25) is 19.8 Å². The van der Waals surface area contributed by atoms with E-state index in [-0.39, 0.29) is 18.0 Å². The number of fused-ring (bicyclic) bond motifs is 4. The van der Waals surface area contributed by atoms with E-state index in [0.29, 0.717) is 6.42 Å². The van der Waals surface area contributed by atoms with Gasteiger partial charge in [0.1, 0.15) is 0 Å². The monoisotopic (exact) mass is 367 g/mol. The van der Waals surface area contributed by atoms with Gasteiger partial charge in [-0.05, 0) is 43.7 Å². The van der Waals surface area contributed by atoms with E-state index in [1.54, 1.807) is 0 Å². The summed E-state index contributed by atoms with van der Waals surface area (Å²) in [5, 5.41) is 2.56. The third-order valence-electron chi connectivity index (χ3n) is 6.98. The van der Waals surface area contributed by atoms with Crippen molar-refractivity contribution in [3.8, 4) is 0 Å². The molecule has 0 bridgehead atoms. The van der Waals surface area contributed by atoms with E-state index in [2.05, 4.69) is 16.3 Å². The van der Waals surface area contributed by atoms with Gasteiger partial charge in [0, 0.05) is 18.3 Å². The van der Waals surface area contributed by atoms with Crippen LogP contribution in [0.4, 0.5) is 10.5 Å². The predicted molar refractivity (Wildman–Crippen MR) is 100 cm³/mol. The molecule has 4 amide bonds. The molecule has 1 N–H and O–H groups in total. The summed E-state index contributed by atoms with van der Waals surface area (Å²) in [5.41, 5.74) is 0.973. The van der Waals surface area contributed by atoms with Crippen LogP contribution >= 0.6 is 0 Å². The van der Waals surface area contributed by atoms with E-state index in [9.17, 15) is 14.4 Å². The molecule has 0 radical (unpaired) electrons. The number of imide groups is 2. The highest BCUT2D eigenvalue weighted by atomic mass is 16.2. The third kappa shape index (κ3) is 2.28. The van der Waals surface area contributed by atoms with Gasteiger partial charge >= 0.3 is 6.03 Å². The topological polar surface area (TPSA) is 69.7 Å². The van der Waals surface area contributed by atoms with Crippen molar-refractivity contribution in [1.29, 1.82) is 0 Å². The van der Waals surface area contributed by atoms with Crippen molar-refractivity contribution in [1.82, 2.24) is 10.2 Å². The van der Waals surface area contributed by atoms with Crippen LogP contribution in [0.1, 0.15) is 50.5 Å². The highest BCUT2D eigenvalue weighted by Gasteiger charge is 2.63. The molecule has 27 heavy (non-hydrogen) atoms. The number of hydrogen-bond donors (Lipinski definition) is 1. The Morgan fingerprint density at radius 1 is 0.963 bits per heavy atom. The highest BCUT2D eigenvalue weighted by Crippen LogP contribution is 2.48. The van der Waals surface area contributed by atoms with Crippen molar-refractivity contribution in [3.63, 3.8) is 0 Å². The number of rotatable bonds is 1. The first-order chi connectivity index (χ1) is 13.1. The number of hydrogen-bond acceptors (Lipinski definition) is 4. The first-order valence-corrected chi connectivity index (χ1v) is 10.2. The molecule has 1 aliphatic carbocycles. The SMILES string of the molecule is O=C1NC(=O)C2(Cc3ccccc3N3CCCC32)C(=O)N1C1CCCCC1. The lowest BCUT2D eigenvalue weighted by molar-refractivity contribution is -0.155. The van der Waals surface area contributed by atoms with Crippen LogP contribution < -0.4 is 10.2 Å². The number of carbonyl (C=O) groups is 3. The molecule has 2 unspecified atom stereocenters. The molecule has 0 aromatic heterocycles. The molecule has 3 fully saturated rings. The third-order valence-corrected chi connectivity index (χ3v) is 6.98. The number of urea groups is 1. The fourth-order valence-corrected chi connectivity index (χ4v) is 5.72. The lowest BCUT2D eigenvalue weighted by Crippen LogP contribution is -2.72. The summed E-state index contributed by atoms with van der Waals surface area (Å²) in [6.45, 7) is 0.849. The zero-order valence-corrected chi connectivity index (χ0v) is 15.4. The molecule has 142 valence electrons.